The molecule has 0 aliphatic heterocycles. The van der Waals surface area contributed by atoms with Crippen LogP contribution in [0.2, 0.25) is 0 Å². The van der Waals surface area contributed by atoms with Gasteiger partial charge in [0.25, 0.3) is 0 Å². The van der Waals surface area contributed by atoms with Gasteiger partial charge in [0.1, 0.15) is 0 Å². The Morgan fingerprint density at radius 1 is 0.812 bits per heavy atom. The molecule has 16 heavy (non-hydrogen) atoms. The van der Waals surface area contributed by atoms with Crippen LogP contribution < -0.4 is 4.90 Å². The third-order valence-electron chi connectivity index (χ3n) is 2.43. The van der Waals surface area contributed by atoms with Crippen LogP contribution >= 0.6 is 15.9 Å². The molecular weight excluding hydrogens is 262 g/mol. The molecule has 0 aromatic heterocycles. The van der Waals surface area contributed by atoms with Crippen LogP contribution in [0.25, 0.3) is 0 Å². The minimum absolute atomic E-state index is 0.117. The van der Waals surface area contributed by atoms with E-state index in [0.29, 0.717) is 0 Å². The number of anilines is 1. The van der Waals surface area contributed by atoms with Gasteiger partial charge in [-0.2, -0.15) is 0 Å². The van der Waals surface area contributed by atoms with Crippen molar-refractivity contribution in [2.24, 2.45) is 0 Å². The zero-order valence-electron chi connectivity index (χ0n) is 11.1. The Morgan fingerprint density at radius 3 is 1.50 bits per heavy atom. The second kappa shape index (κ2) is 4.40. The first-order valence-corrected chi connectivity index (χ1v) is 6.47. The van der Waals surface area contributed by atoms with Crippen LogP contribution in [0.5, 0.6) is 0 Å². The Morgan fingerprint density at radius 2 is 1.19 bits per heavy atom. The van der Waals surface area contributed by atoms with Crippen molar-refractivity contribution in [2.45, 2.75) is 52.6 Å². The van der Waals surface area contributed by atoms with Gasteiger partial charge in [-0.05, 0) is 65.8 Å². The summed E-state index contributed by atoms with van der Waals surface area (Å²) in [6, 6.07) is 8.53. The van der Waals surface area contributed by atoms with Gasteiger partial charge in [0.05, 0.1) is 0 Å². The van der Waals surface area contributed by atoms with E-state index in [-0.39, 0.29) is 11.1 Å². The normalized spacial score (nSPS) is 12.7. The summed E-state index contributed by atoms with van der Waals surface area (Å²) < 4.78 is 1.12. The summed E-state index contributed by atoms with van der Waals surface area (Å²) in [6.45, 7) is 13.5. The van der Waals surface area contributed by atoms with Crippen molar-refractivity contribution in [3.05, 3.63) is 28.7 Å². The van der Waals surface area contributed by atoms with E-state index in [1.807, 2.05) is 0 Å². The summed E-state index contributed by atoms with van der Waals surface area (Å²) in [5.74, 6) is 0. The van der Waals surface area contributed by atoms with E-state index >= 15 is 0 Å². The molecule has 0 atom stereocenters. The van der Waals surface area contributed by atoms with Gasteiger partial charge >= 0.3 is 0 Å². The molecule has 0 heterocycles. The molecule has 1 nitrogen and oxygen atoms in total. The highest BCUT2D eigenvalue weighted by Crippen LogP contribution is 2.32. The minimum Gasteiger partial charge on any atom is -0.362 e. The van der Waals surface area contributed by atoms with E-state index in [1.165, 1.54) is 5.69 Å². The molecule has 1 aromatic carbocycles. The molecule has 90 valence electrons. The van der Waals surface area contributed by atoms with Crippen molar-refractivity contribution in [1.82, 2.24) is 0 Å². The van der Waals surface area contributed by atoms with E-state index in [1.54, 1.807) is 0 Å². The van der Waals surface area contributed by atoms with Gasteiger partial charge in [-0.25, -0.2) is 0 Å². The molecule has 0 spiro atoms. The number of halogens is 1. The molecular formula is C14H22BrN. The zero-order chi connectivity index (χ0) is 12.6. The largest absolute Gasteiger partial charge is 0.362 e. The fourth-order valence-corrected chi connectivity index (χ4v) is 2.64. The third-order valence-corrected chi connectivity index (χ3v) is 2.96. The van der Waals surface area contributed by atoms with E-state index in [4.69, 9.17) is 0 Å². The van der Waals surface area contributed by atoms with Crippen molar-refractivity contribution in [3.63, 3.8) is 0 Å². The van der Waals surface area contributed by atoms with Gasteiger partial charge in [0.15, 0.2) is 0 Å². The highest BCUT2D eigenvalue weighted by Gasteiger charge is 2.31. The van der Waals surface area contributed by atoms with Gasteiger partial charge in [0.2, 0.25) is 0 Å². The number of benzene rings is 1. The first kappa shape index (κ1) is 13.6. The van der Waals surface area contributed by atoms with Gasteiger partial charge in [-0.1, -0.05) is 15.9 Å². The molecule has 0 unspecified atom stereocenters. The maximum absolute atomic E-state index is 3.48. The summed E-state index contributed by atoms with van der Waals surface area (Å²) in [4.78, 5) is 2.45. The van der Waals surface area contributed by atoms with E-state index in [9.17, 15) is 0 Å². The van der Waals surface area contributed by atoms with Crippen LogP contribution in [-0.4, -0.2) is 11.1 Å². The van der Waals surface area contributed by atoms with Gasteiger partial charge in [-0.3, -0.25) is 0 Å². The van der Waals surface area contributed by atoms with Crippen LogP contribution in [0.3, 0.4) is 0 Å². The van der Waals surface area contributed by atoms with E-state index in [2.05, 4.69) is 86.6 Å². The number of hydrogen-bond donors (Lipinski definition) is 0. The van der Waals surface area contributed by atoms with Gasteiger partial charge in [0, 0.05) is 21.2 Å². The molecule has 0 bridgehead atoms. The predicted molar refractivity (Wildman–Crippen MR) is 76.1 cm³/mol. The molecule has 0 radical (unpaired) electrons. The monoisotopic (exact) mass is 283 g/mol. The third kappa shape index (κ3) is 3.24. The smallest absolute Gasteiger partial charge is 0.0375 e. The number of rotatable bonds is 1. The van der Waals surface area contributed by atoms with Crippen LogP contribution in [0.1, 0.15) is 41.5 Å². The average Bonchev–Trinajstić information content (AvgIpc) is 2.03. The molecule has 1 rings (SSSR count). The fourth-order valence-electron chi connectivity index (χ4n) is 2.37. The average molecular weight is 284 g/mol. The Labute approximate surface area is 108 Å². The molecule has 0 aliphatic carbocycles. The topological polar surface area (TPSA) is 3.24 Å². The predicted octanol–water partition coefficient (Wildman–Crippen LogP) is 4.85. The van der Waals surface area contributed by atoms with Crippen molar-refractivity contribution >= 4 is 21.6 Å². The maximum atomic E-state index is 3.48. The van der Waals surface area contributed by atoms with E-state index < -0.39 is 0 Å². The molecule has 0 saturated carbocycles. The summed E-state index contributed by atoms with van der Waals surface area (Å²) in [7, 11) is 0. The lowest BCUT2D eigenvalue weighted by molar-refractivity contribution is 0.381. The summed E-state index contributed by atoms with van der Waals surface area (Å²) in [6.07, 6.45) is 0. The first-order chi connectivity index (χ1) is 7.12. The lowest BCUT2D eigenvalue weighted by atomic mass is 9.95. The van der Waals surface area contributed by atoms with Gasteiger partial charge < -0.3 is 4.90 Å². The van der Waals surface area contributed by atoms with Crippen LogP contribution in [0, 0.1) is 0 Å². The van der Waals surface area contributed by atoms with Crippen molar-refractivity contribution in [2.75, 3.05) is 4.90 Å². The highest BCUT2D eigenvalue weighted by atomic mass is 79.9. The molecule has 0 aliphatic rings. The van der Waals surface area contributed by atoms with Crippen molar-refractivity contribution in [1.29, 1.82) is 0 Å². The first-order valence-electron chi connectivity index (χ1n) is 5.68. The Balaban J connectivity index is 3.18. The summed E-state index contributed by atoms with van der Waals surface area (Å²) >= 11 is 3.48. The Kier molecular flexibility index (Phi) is 3.73. The lowest BCUT2D eigenvalue weighted by Gasteiger charge is -2.47. The Hall–Kier alpha value is -0.500. The summed E-state index contributed by atoms with van der Waals surface area (Å²) in [5, 5.41) is 0. The summed E-state index contributed by atoms with van der Waals surface area (Å²) in [5.41, 5.74) is 1.50. The van der Waals surface area contributed by atoms with Crippen molar-refractivity contribution < 1.29 is 0 Å². The van der Waals surface area contributed by atoms with E-state index in [0.717, 1.165) is 4.47 Å². The number of nitrogens with zero attached hydrogens (tertiary/aromatic N) is 1. The second-order valence-corrected chi connectivity index (χ2v) is 7.07. The molecule has 0 fully saturated rings. The molecule has 0 amide bonds. The highest BCUT2D eigenvalue weighted by molar-refractivity contribution is 9.10. The van der Waals surface area contributed by atoms with Crippen LogP contribution in [0.15, 0.2) is 28.7 Å². The molecule has 0 saturated heterocycles. The second-order valence-electron chi connectivity index (χ2n) is 6.15. The molecule has 1 aromatic rings. The zero-order valence-corrected chi connectivity index (χ0v) is 12.7. The lowest BCUT2D eigenvalue weighted by Crippen LogP contribution is -2.53. The Bertz CT molecular complexity index is 326. The van der Waals surface area contributed by atoms with Crippen LogP contribution in [0.4, 0.5) is 5.69 Å². The molecule has 2 heteroatoms. The van der Waals surface area contributed by atoms with Crippen molar-refractivity contribution in [3.8, 4) is 0 Å². The molecule has 0 N–H and O–H groups in total. The quantitative estimate of drug-likeness (QED) is 0.712. The van der Waals surface area contributed by atoms with Crippen LogP contribution in [-0.2, 0) is 0 Å². The maximum Gasteiger partial charge on any atom is 0.0375 e. The van der Waals surface area contributed by atoms with Gasteiger partial charge in [-0.15, -0.1) is 0 Å². The minimum atomic E-state index is 0.117. The fraction of sp³-hybridized carbons (Fsp3) is 0.571. The standard InChI is InChI=1S/C14H22BrN/c1-13(2,3)16(14(4,5)6)12-9-7-11(15)8-10-12/h7-10H,1-6H3. The SMILES string of the molecule is CC(C)(C)N(c1ccc(Br)cc1)C(C)(C)C. The number of hydrogen-bond acceptors (Lipinski definition) is 1.